The molecular formula is C14H16N4S. The topological polar surface area (TPSA) is 64.5 Å². The maximum atomic E-state index is 9.29. The molecule has 98 valence electrons. The van der Waals surface area contributed by atoms with Crippen molar-refractivity contribution in [3.05, 3.63) is 42.0 Å². The van der Waals surface area contributed by atoms with E-state index in [1.54, 1.807) is 18.0 Å². The number of nitrogens with zero attached hydrogens (tertiary/aromatic N) is 2. The summed E-state index contributed by atoms with van der Waals surface area (Å²) >= 11 is 1.69. The average molecular weight is 272 g/mol. The first-order chi connectivity index (χ1) is 9.35. The van der Waals surface area contributed by atoms with Gasteiger partial charge in [-0.2, -0.15) is 5.26 Å². The fourth-order valence-corrected chi connectivity index (χ4v) is 2.61. The molecule has 0 aliphatic heterocycles. The third-order valence-electron chi connectivity index (χ3n) is 2.67. The third kappa shape index (κ3) is 3.52. The number of nitrogens with one attached hydrogen (secondary N) is 2. The van der Waals surface area contributed by atoms with E-state index in [0.717, 1.165) is 40.7 Å². The Labute approximate surface area is 117 Å². The standard InChI is InChI=1S/C14H16N4S/c1-2-19-13-5-3-4-12(11(13)10-15)16-7-6-14-17-8-9-18-14/h3-5,8-9,16H,2,6-7H2,1H3,(H,17,18). The molecule has 0 bridgehead atoms. The van der Waals surface area contributed by atoms with Crippen molar-refractivity contribution in [2.45, 2.75) is 18.2 Å². The van der Waals surface area contributed by atoms with Gasteiger partial charge in [-0.15, -0.1) is 11.8 Å². The van der Waals surface area contributed by atoms with Gasteiger partial charge in [0.1, 0.15) is 11.9 Å². The van der Waals surface area contributed by atoms with E-state index >= 15 is 0 Å². The van der Waals surface area contributed by atoms with Crippen molar-refractivity contribution in [1.29, 1.82) is 5.26 Å². The molecule has 0 fully saturated rings. The maximum Gasteiger partial charge on any atom is 0.107 e. The van der Waals surface area contributed by atoms with Gasteiger partial charge in [-0.25, -0.2) is 4.98 Å². The third-order valence-corrected chi connectivity index (χ3v) is 3.61. The highest BCUT2D eigenvalue weighted by Crippen LogP contribution is 2.27. The minimum Gasteiger partial charge on any atom is -0.383 e. The number of nitriles is 1. The molecule has 0 amide bonds. The Morgan fingerprint density at radius 3 is 3.05 bits per heavy atom. The SMILES string of the molecule is CCSc1cccc(NCCc2ncc[nH]2)c1C#N. The molecule has 0 atom stereocenters. The van der Waals surface area contributed by atoms with Crippen molar-refractivity contribution in [3.8, 4) is 6.07 Å². The second kappa shape index (κ2) is 6.86. The van der Waals surface area contributed by atoms with Crippen molar-refractivity contribution in [1.82, 2.24) is 9.97 Å². The zero-order valence-electron chi connectivity index (χ0n) is 10.8. The molecule has 0 saturated carbocycles. The Hall–Kier alpha value is -1.93. The van der Waals surface area contributed by atoms with Crippen molar-refractivity contribution in [3.63, 3.8) is 0 Å². The van der Waals surface area contributed by atoms with E-state index in [9.17, 15) is 5.26 Å². The first kappa shape index (κ1) is 13.5. The number of aromatic amines is 1. The van der Waals surface area contributed by atoms with Crippen LogP contribution in [0, 0.1) is 11.3 Å². The van der Waals surface area contributed by atoms with Gasteiger partial charge in [-0.3, -0.25) is 0 Å². The van der Waals surface area contributed by atoms with Gasteiger partial charge in [0.2, 0.25) is 0 Å². The normalized spacial score (nSPS) is 10.1. The zero-order valence-corrected chi connectivity index (χ0v) is 11.6. The number of H-pyrrole nitrogens is 1. The summed E-state index contributed by atoms with van der Waals surface area (Å²) in [4.78, 5) is 8.27. The van der Waals surface area contributed by atoms with E-state index in [4.69, 9.17) is 0 Å². The lowest BCUT2D eigenvalue weighted by atomic mass is 10.2. The predicted octanol–water partition coefficient (Wildman–Crippen LogP) is 3.05. The maximum absolute atomic E-state index is 9.29. The van der Waals surface area contributed by atoms with Crippen molar-refractivity contribution >= 4 is 17.4 Å². The summed E-state index contributed by atoms with van der Waals surface area (Å²) in [6.45, 7) is 2.84. The second-order valence-electron chi connectivity index (χ2n) is 3.94. The van der Waals surface area contributed by atoms with Gasteiger partial charge < -0.3 is 10.3 Å². The molecular weight excluding hydrogens is 256 g/mol. The largest absolute Gasteiger partial charge is 0.383 e. The minimum atomic E-state index is 0.730. The van der Waals surface area contributed by atoms with Crippen LogP contribution in [0.5, 0.6) is 0 Å². The number of hydrogen-bond donors (Lipinski definition) is 2. The highest BCUT2D eigenvalue weighted by Gasteiger charge is 2.07. The zero-order chi connectivity index (χ0) is 13.5. The quantitative estimate of drug-likeness (QED) is 0.793. The lowest BCUT2D eigenvalue weighted by Crippen LogP contribution is -2.07. The van der Waals surface area contributed by atoms with Crippen LogP contribution in [-0.2, 0) is 6.42 Å². The van der Waals surface area contributed by atoms with Crippen LogP contribution >= 0.6 is 11.8 Å². The fraction of sp³-hybridized carbons (Fsp3) is 0.286. The number of aromatic nitrogens is 2. The predicted molar refractivity (Wildman–Crippen MR) is 78.3 cm³/mol. The van der Waals surface area contributed by atoms with Crippen LogP contribution in [0.25, 0.3) is 0 Å². The number of rotatable bonds is 6. The molecule has 5 heteroatoms. The van der Waals surface area contributed by atoms with Gasteiger partial charge in [0.15, 0.2) is 0 Å². The Morgan fingerprint density at radius 2 is 2.37 bits per heavy atom. The summed E-state index contributed by atoms with van der Waals surface area (Å²) < 4.78 is 0. The molecule has 0 aliphatic rings. The monoisotopic (exact) mass is 272 g/mol. The molecule has 2 N–H and O–H groups in total. The van der Waals surface area contributed by atoms with Gasteiger partial charge in [-0.1, -0.05) is 13.0 Å². The van der Waals surface area contributed by atoms with Gasteiger partial charge in [0.05, 0.1) is 11.3 Å². The molecule has 0 unspecified atom stereocenters. The molecule has 0 saturated heterocycles. The van der Waals surface area contributed by atoms with Crippen LogP contribution in [0.3, 0.4) is 0 Å². The smallest absolute Gasteiger partial charge is 0.107 e. The summed E-state index contributed by atoms with van der Waals surface area (Å²) in [5.74, 6) is 1.91. The summed E-state index contributed by atoms with van der Waals surface area (Å²) in [6.07, 6.45) is 4.37. The number of anilines is 1. The molecule has 0 spiro atoms. The number of thioether (sulfide) groups is 1. The van der Waals surface area contributed by atoms with E-state index < -0.39 is 0 Å². The van der Waals surface area contributed by atoms with Crippen LogP contribution in [0.2, 0.25) is 0 Å². The average Bonchev–Trinajstić information content (AvgIpc) is 2.93. The molecule has 2 aromatic rings. The summed E-state index contributed by atoms with van der Waals surface area (Å²) in [6, 6.07) is 8.20. The molecule has 1 aromatic carbocycles. The number of benzene rings is 1. The number of imidazole rings is 1. The lowest BCUT2D eigenvalue weighted by molar-refractivity contribution is 0.926. The minimum absolute atomic E-state index is 0.730. The Morgan fingerprint density at radius 1 is 1.47 bits per heavy atom. The highest BCUT2D eigenvalue weighted by atomic mass is 32.2. The second-order valence-corrected chi connectivity index (χ2v) is 5.24. The lowest BCUT2D eigenvalue weighted by Gasteiger charge is -2.10. The first-order valence-electron chi connectivity index (χ1n) is 6.23. The van der Waals surface area contributed by atoms with E-state index in [1.807, 2.05) is 24.4 Å². The number of hydrogen-bond acceptors (Lipinski definition) is 4. The summed E-state index contributed by atoms with van der Waals surface area (Å²) in [5.41, 5.74) is 1.63. The van der Waals surface area contributed by atoms with Crippen molar-refractivity contribution in [2.24, 2.45) is 0 Å². The van der Waals surface area contributed by atoms with Crippen LogP contribution < -0.4 is 5.32 Å². The van der Waals surface area contributed by atoms with Crippen LogP contribution in [0.1, 0.15) is 18.3 Å². The molecule has 2 rings (SSSR count). The first-order valence-corrected chi connectivity index (χ1v) is 7.21. The van der Waals surface area contributed by atoms with Gasteiger partial charge in [0.25, 0.3) is 0 Å². The Bertz CT molecular complexity index is 557. The van der Waals surface area contributed by atoms with Gasteiger partial charge in [-0.05, 0) is 17.9 Å². The van der Waals surface area contributed by atoms with Gasteiger partial charge >= 0.3 is 0 Å². The fourth-order valence-electron chi connectivity index (χ4n) is 1.82. The summed E-state index contributed by atoms with van der Waals surface area (Å²) in [7, 11) is 0. The molecule has 1 heterocycles. The summed E-state index contributed by atoms with van der Waals surface area (Å²) in [5, 5.41) is 12.6. The van der Waals surface area contributed by atoms with E-state index in [0.29, 0.717) is 0 Å². The van der Waals surface area contributed by atoms with Gasteiger partial charge in [0, 0.05) is 30.3 Å². The molecule has 4 nitrogen and oxygen atoms in total. The van der Waals surface area contributed by atoms with Crippen molar-refractivity contribution in [2.75, 3.05) is 17.6 Å². The Balaban J connectivity index is 2.03. The highest BCUT2D eigenvalue weighted by molar-refractivity contribution is 7.99. The van der Waals surface area contributed by atoms with E-state index in [-0.39, 0.29) is 0 Å². The molecule has 1 aromatic heterocycles. The van der Waals surface area contributed by atoms with Crippen LogP contribution in [-0.4, -0.2) is 22.3 Å². The van der Waals surface area contributed by atoms with Crippen LogP contribution in [0.4, 0.5) is 5.69 Å². The molecule has 19 heavy (non-hydrogen) atoms. The van der Waals surface area contributed by atoms with E-state index in [1.165, 1.54) is 0 Å². The molecule has 0 radical (unpaired) electrons. The van der Waals surface area contributed by atoms with Crippen molar-refractivity contribution < 1.29 is 0 Å². The molecule has 0 aliphatic carbocycles. The van der Waals surface area contributed by atoms with E-state index in [2.05, 4.69) is 28.3 Å². The Kier molecular flexibility index (Phi) is 4.87. The van der Waals surface area contributed by atoms with Crippen LogP contribution in [0.15, 0.2) is 35.5 Å².